The third kappa shape index (κ3) is 8.87. The van der Waals surface area contributed by atoms with Gasteiger partial charge in [-0.05, 0) is 96.1 Å². The zero-order valence-electron chi connectivity index (χ0n) is 47.1. The van der Waals surface area contributed by atoms with Crippen molar-refractivity contribution in [2.45, 2.75) is 12.4 Å². The number of hydrogen-bond donors (Lipinski definition) is 0. The van der Waals surface area contributed by atoms with E-state index < -0.39 is 23.5 Å². The number of para-hydroxylation sites is 7. The van der Waals surface area contributed by atoms with Crippen molar-refractivity contribution < 1.29 is 26.3 Å². The minimum atomic E-state index is -5.11. The van der Waals surface area contributed by atoms with Gasteiger partial charge in [0.05, 0.1) is 72.7 Å². The molecular formula is C78H47F6N5. The van der Waals surface area contributed by atoms with Gasteiger partial charge in [0.2, 0.25) is 0 Å². The van der Waals surface area contributed by atoms with E-state index in [1.165, 1.54) is 0 Å². The lowest BCUT2D eigenvalue weighted by molar-refractivity contribution is -0.142. The molecule has 0 aliphatic heterocycles. The molecule has 4 aromatic heterocycles. The fraction of sp³-hybridized carbons (Fsp3) is 0.0256. The smallest absolute Gasteiger partial charge is 0.309 e. The fourth-order valence-electron chi connectivity index (χ4n) is 13.2. The van der Waals surface area contributed by atoms with Crippen molar-refractivity contribution in [3.63, 3.8) is 0 Å². The maximum absolute atomic E-state index is 15.1. The third-order valence-electron chi connectivity index (χ3n) is 17.1. The van der Waals surface area contributed by atoms with Crippen LogP contribution in [0.1, 0.15) is 11.1 Å². The second-order valence-corrected chi connectivity index (χ2v) is 22.2. The summed E-state index contributed by atoms with van der Waals surface area (Å²) in [5.74, 6) is 0.533. The Morgan fingerprint density at radius 3 is 1.15 bits per heavy atom. The van der Waals surface area contributed by atoms with E-state index in [4.69, 9.17) is 9.97 Å². The van der Waals surface area contributed by atoms with Crippen LogP contribution < -0.4 is 0 Å². The van der Waals surface area contributed by atoms with Crippen LogP contribution in [0.25, 0.3) is 150 Å². The molecule has 0 saturated carbocycles. The molecule has 0 aliphatic carbocycles. The molecule has 4 heterocycles. The minimum absolute atomic E-state index is 0.109. The molecule has 0 bridgehead atoms. The van der Waals surface area contributed by atoms with Crippen LogP contribution in [0.3, 0.4) is 0 Å². The highest BCUT2D eigenvalue weighted by Crippen LogP contribution is 2.50. The summed E-state index contributed by atoms with van der Waals surface area (Å²) in [6, 6.07) is 91.4. The maximum Gasteiger partial charge on any atom is 0.417 e. The van der Waals surface area contributed by atoms with E-state index in [0.29, 0.717) is 33.9 Å². The van der Waals surface area contributed by atoms with Gasteiger partial charge in [-0.2, -0.15) is 26.3 Å². The van der Waals surface area contributed by atoms with Crippen molar-refractivity contribution in [2.75, 3.05) is 0 Å². The molecular weight excluding hydrogens is 1120 g/mol. The van der Waals surface area contributed by atoms with Gasteiger partial charge in [-0.1, -0.05) is 200 Å². The molecule has 12 aromatic carbocycles. The summed E-state index contributed by atoms with van der Waals surface area (Å²) >= 11 is 0. The number of alkyl halides is 6. The molecule has 426 valence electrons. The zero-order valence-corrected chi connectivity index (χ0v) is 47.1. The number of rotatable bonds is 9. The van der Waals surface area contributed by atoms with Gasteiger partial charge in [0, 0.05) is 71.3 Å². The number of benzene rings is 12. The second kappa shape index (κ2) is 20.7. The van der Waals surface area contributed by atoms with Crippen LogP contribution in [0, 0.1) is 0 Å². The Balaban J connectivity index is 1.08. The van der Waals surface area contributed by atoms with E-state index in [1.807, 2.05) is 115 Å². The summed E-state index contributed by atoms with van der Waals surface area (Å²) in [5, 5.41) is 5.62. The van der Waals surface area contributed by atoms with Crippen molar-refractivity contribution in [1.82, 2.24) is 23.7 Å². The molecule has 0 amide bonds. The molecule has 16 aromatic rings. The monoisotopic (exact) mass is 1170 g/mol. The molecule has 89 heavy (non-hydrogen) atoms. The average Bonchev–Trinajstić information content (AvgIpc) is 1.71. The van der Waals surface area contributed by atoms with Gasteiger partial charge in [-0.3, -0.25) is 0 Å². The molecule has 16 rings (SSSR count). The number of fused-ring (bicyclic) bond motifs is 9. The van der Waals surface area contributed by atoms with Gasteiger partial charge in [0.1, 0.15) is 0 Å². The van der Waals surface area contributed by atoms with Crippen molar-refractivity contribution in [2.24, 2.45) is 0 Å². The van der Waals surface area contributed by atoms with Crippen LogP contribution in [-0.4, -0.2) is 23.7 Å². The number of aromatic nitrogens is 5. The Hall–Kier alpha value is -11.3. The molecule has 0 radical (unpaired) electrons. The van der Waals surface area contributed by atoms with E-state index in [-0.39, 0.29) is 17.2 Å². The topological polar surface area (TPSA) is 40.6 Å². The van der Waals surface area contributed by atoms with Crippen LogP contribution in [0.5, 0.6) is 0 Å². The van der Waals surface area contributed by atoms with E-state index in [9.17, 15) is 13.2 Å². The van der Waals surface area contributed by atoms with Crippen molar-refractivity contribution in [1.29, 1.82) is 0 Å². The number of hydrogen-bond acceptors (Lipinski definition) is 2. The number of halogens is 6. The summed E-state index contributed by atoms with van der Waals surface area (Å²) in [5.41, 5.74) is 12.0. The lowest BCUT2D eigenvalue weighted by atomic mass is 9.90. The zero-order chi connectivity index (χ0) is 60.1. The molecule has 0 unspecified atom stereocenters. The second-order valence-electron chi connectivity index (χ2n) is 22.2. The molecule has 11 heteroatoms. The van der Waals surface area contributed by atoms with Crippen molar-refractivity contribution in [3.05, 3.63) is 296 Å². The summed E-state index contributed by atoms with van der Waals surface area (Å²) in [6.07, 6.45) is -10.1. The SMILES string of the molecule is FC(F)(F)c1ccc(-c2ccc3c(c2)c2ccccc2n3-c2c(-c3ccccc3-n3c4ccccc4c4ccccc43)cc(-c3cc(-c4ccccc4)nc(-c4ccccc4)n3)cc2-c2ccccc2-n2c3ccccc3c3ccccc32)c(C(F)(F)F)c1. The first kappa shape index (κ1) is 53.2. The van der Waals surface area contributed by atoms with Gasteiger partial charge in [-0.25, -0.2) is 9.97 Å². The summed E-state index contributed by atoms with van der Waals surface area (Å²) in [4.78, 5) is 10.7. The van der Waals surface area contributed by atoms with Gasteiger partial charge in [0.25, 0.3) is 0 Å². The Bertz CT molecular complexity index is 5140. The van der Waals surface area contributed by atoms with Crippen LogP contribution in [0.4, 0.5) is 26.3 Å². The van der Waals surface area contributed by atoms with Crippen molar-refractivity contribution >= 4 is 65.4 Å². The highest BCUT2D eigenvalue weighted by atomic mass is 19.4. The van der Waals surface area contributed by atoms with E-state index in [2.05, 4.69) is 147 Å². The van der Waals surface area contributed by atoms with Crippen LogP contribution in [-0.2, 0) is 12.4 Å². The fourth-order valence-corrected chi connectivity index (χ4v) is 13.2. The average molecular weight is 1170 g/mol. The molecule has 0 saturated heterocycles. The van der Waals surface area contributed by atoms with Gasteiger partial charge < -0.3 is 13.7 Å². The normalized spacial score (nSPS) is 12.2. The standard InChI is InChI=1S/C78H47F6N5/c79-77(80,81)52-40-41-53(64(46-52)78(82,83)84)50-39-42-74-61(43-50)58-29-11-20-38-73(58)89(74)75-62(59-30-12-18-36-71(59)87-67-32-14-7-25-54(67)55-26-8-15-33-68(55)87)44-51(66-47-65(48-21-3-1-4-22-48)85-76(86-66)49-23-5-2-6-24-49)45-63(75)60-31-13-19-37-72(60)88-69-34-16-9-27-56(69)57-28-10-17-35-70(57)88/h1-47H. The quantitative estimate of drug-likeness (QED) is 0.135. The lowest BCUT2D eigenvalue weighted by Crippen LogP contribution is -2.12. The van der Waals surface area contributed by atoms with E-state index in [1.54, 1.807) is 18.2 Å². The predicted octanol–water partition coefficient (Wildman–Crippen LogP) is 21.8. The number of nitrogens with zero attached hydrogens (tertiary/aromatic N) is 5. The molecule has 0 spiro atoms. The van der Waals surface area contributed by atoms with Gasteiger partial charge >= 0.3 is 12.4 Å². The maximum atomic E-state index is 15.1. The first-order chi connectivity index (χ1) is 43.4. The summed E-state index contributed by atoms with van der Waals surface area (Å²) < 4.78 is 94.6. The first-order valence-corrected chi connectivity index (χ1v) is 29.1. The molecule has 0 aliphatic rings. The van der Waals surface area contributed by atoms with Gasteiger partial charge in [-0.15, -0.1) is 0 Å². The summed E-state index contributed by atoms with van der Waals surface area (Å²) in [7, 11) is 0. The first-order valence-electron chi connectivity index (χ1n) is 29.1. The minimum Gasteiger partial charge on any atom is -0.309 e. The lowest BCUT2D eigenvalue weighted by Gasteiger charge is -2.24. The molecule has 0 atom stereocenters. The van der Waals surface area contributed by atoms with Crippen LogP contribution in [0.2, 0.25) is 0 Å². The molecule has 5 nitrogen and oxygen atoms in total. The van der Waals surface area contributed by atoms with Gasteiger partial charge in [0.15, 0.2) is 5.82 Å². The predicted molar refractivity (Wildman–Crippen MR) is 348 cm³/mol. The third-order valence-corrected chi connectivity index (χ3v) is 17.1. The van der Waals surface area contributed by atoms with E-state index >= 15 is 13.2 Å². The van der Waals surface area contributed by atoms with Crippen LogP contribution >= 0.6 is 0 Å². The van der Waals surface area contributed by atoms with E-state index in [0.717, 1.165) is 117 Å². The highest BCUT2D eigenvalue weighted by molar-refractivity contribution is 6.14. The highest BCUT2D eigenvalue weighted by Gasteiger charge is 2.39. The van der Waals surface area contributed by atoms with Crippen LogP contribution in [0.15, 0.2) is 285 Å². The Kier molecular flexibility index (Phi) is 12.4. The summed E-state index contributed by atoms with van der Waals surface area (Å²) in [6.45, 7) is 0. The Labute approximate surface area is 505 Å². The molecule has 0 N–H and O–H groups in total. The Morgan fingerprint density at radius 1 is 0.258 bits per heavy atom. The largest absolute Gasteiger partial charge is 0.417 e. The Morgan fingerprint density at radius 2 is 0.663 bits per heavy atom. The molecule has 0 fully saturated rings. The van der Waals surface area contributed by atoms with Crippen molar-refractivity contribution in [3.8, 4) is 84.3 Å².